The third-order valence-corrected chi connectivity index (χ3v) is 5.84. The molecule has 0 fully saturated rings. The minimum Gasteiger partial charge on any atom is -0.507 e. The third-order valence-electron chi connectivity index (χ3n) is 4.59. The maximum absolute atomic E-state index is 13.1. The zero-order valence-corrected chi connectivity index (χ0v) is 19.2. The molecule has 0 aliphatic carbocycles. The molecule has 31 heavy (non-hydrogen) atoms. The molecule has 156 valence electrons. The van der Waals surface area contributed by atoms with Crippen molar-refractivity contribution in [2.45, 2.75) is 0 Å². The second-order valence-electron chi connectivity index (χ2n) is 6.51. The van der Waals surface area contributed by atoms with Crippen molar-refractivity contribution in [3.8, 4) is 11.5 Å². The quantitative estimate of drug-likeness (QED) is 0.249. The van der Waals surface area contributed by atoms with Crippen LogP contribution in [-0.4, -0.2) is 24.0 Å². The smallest absolute Gasteiger partial charge is 0.348 e. The van der Waals surface area contributed by atoms with E-state index >= 15 is 0 Å². The van der Waals surface area contributed by atoms with E-state index in [9.17, 15) is 14.7 Å². The van der Waals surface area contributed by atoms with Crippen LogP contribution < -0.4 is 4.74 Å². The van der Waals surface area contributed by atoms with Crippen molar-refractivity contribution in [1.29, 1.82) is 0 Å². The van der Waals surface area contributed by atoms with Crippen molar-refractivity contribution in [1.82, 2.24) is 0 Å². The Balaban J connectivity index is 1.92. The van der Waals surface area contributed by atoms with E-state index in [2.05, 4.69) is 31.9 Å². The molecule has 4 rings (SSSR count). The Morgan fingerprint density at radius 2 is 1.90 bits per heavy atom. The van der Waals surface area contributed by atoms with Crippen molar-refractivity contribution in [2.75, 3.05) is 7.11 Å². The summed E-state index contributed by atoms with van der Waals surface area (Å²) in [6, 6.07) is 13.1. The monoisotopic (exact) mass is 544 g/mol. The van der Waals surface area contributed by atoms with Gasteiger partial charge in [-0.3, -0.25) is 4.79 Å². The van der Waals surface area contributed by atoms with Gasteiger partial charge < -0.3 is 19.0 Å². The van der Waals surface area contributed by atoms with Gasteiger partial charge >= 0.3 is 5.97 Å². The lowest BCUT2D eigenvalue weighted by Gasteiger charge is -2.09. The van der Waals surface area contributed by atoms with E-state index in [-0.39, 0.29) is 22.8 Å². The van der Waals surface area contributed by atoms with Crippen LogP contribution in [0.5, 0.6) is 11.5 Å². The van der Waals surface area contributed by atoms with Gasteiger partial charge in [-0.2, -0.15) is 0 Å². The summed E-state index contributed by atoms with van der Waals surface area (Å²) < 4.78 is 17.1. The first-order valence-corrected chi connectivity index (χ1v) is 10.6. The highest BCUT2D eigenvalue weighted by Gasteiger charge is 2.37. The molecule has 2 heterocycles. The molecule has 0 radical (unpaired) electrons. The summed E-state index contributed by atoms with van der Waals surface area (Å²) in [5, 5.41) is 9.74. The number of methoxy groups -OCH3 is 1. The van der Waals surface area contributed by atoms with Crippen molar-refractivity contribution in [3.63, 3.8) is 0 Å². The molecule has 6 nitrogen and oxygen atoms in total. The maximum Gasteiger partial charge on any atom is 0.348 e. The number of ether oxygens (including phenoxy) is 2. The van der Waals surface area contributed by atoms with Gasteiger partial charge in [-0.1, -0.05) is 12.1 Å². The summed E-state index contributed by atoms with van der Waals surface area (Å²) in [6.07, 6.45) is 2.99. The Hall–Kier alpha value is -3.10. The molecule has 0 unspecified atom stereocenters. The molecular formula is C23H14Br2O6. The zero-order valence-electron chi connectivity index (χ0n) is 16.0. The van der Waals surface area contributed by atoms with Gasteiger partial charge in [-0.15, -0.1) is 0 Å². The van der Waals surface area contributed by atoms with Crippen LogP contribution in [0.4, 0.5) is 0 Å². The molecule has 3 aromatic rings. The lowest BCUT2D eigenvalue weighted by molar-refractivity contribution is -0.132. The molecule has 1 aliphatic rings. The average Bonchev–Trinajstić information content (AvgIpc) is 3.38. The van der Waals surface area contributed by atoms with Gasteiger partial charge in [-0.05, 0) is 85.5 Å². The van der Waals surface area contributed by atoms with Crippen LogP contribution in [0.3, 0.4) is 0 Å². The topological polar surface area (TPSA) is 86.0 Å². The summed E-state index contributed by atoms with van der Waals surface area (Å²) >= 11 is 6.71. The van der Waals surface area contributed by atoms with E-state index < -0.39 is 11.8 Å². The van der Waals surface area contributed by atoms with Gasteiger partial charge in [0.2, 0.25) is 5.78 Å². The second-order valence-corrected chi connectivity index (χ2v) is 8.22. The molecule has 2 aromatic carbocycles. The number of carbonyl (C=O) groups is 2. The van der Waals surface area contributed by atoms with Crippen molar-refractivity contribution in [3.05, 3.63) is 92.0 Å². The molecule has 0 saturated heterocycles. The molecule has 0 spiro atoms. The van der Waals surface area contributed by atoms with E-state index in [4.69, 9.17) is 13.9 Å². The first kappa shape index (κ1) is 21.1. The van der Waals surface area contributed by atoms with Gasteiger partial charge in [-0.25, -0.2) is 4.79 Å². The largest absolute Gasteiger partial charge is 0.507 e. The van der Waals surface area contributed by atoms with E-state index in [1.165, 1.54) is 18.4 Å². The first-order valence-electron chi connectivity index (χ1n) is 8.98. The molecule has 0 saturated carbocycles. The Morgan fingerprint density at radius 3 is 2.55 bits per heavy atom. The number of carbonyl (C=O) groups excluding carboxylic acids is 2. The molecule has 1 aliphatic heterocycles. The minimum atomic E-state index is -0.771. The van der Waals surface area contributed by atoms with Crippen LogP contribution in [0.15, 0.2) is 79.5 Å². The Kier molecular flexibility index (Phi) is 5.84. The summed E-state index contributed by atoms with van der Waals surface area (Å²) in [4.78, 5) is 25.8. The summed E-state index contributed by atoms with van der Waals surface area (Å²) in [7, 11) is 1.54. The maximum atomic E-state index is 13.1. The summed E-state index contributed by atoms with van der Waals surface area (Å²) in [6.45, 7) is 0. The number of esters is 1. The Bertz CT molecular complexity index is 1260. The fourth-order valence-corrected chi connectivity index (χ4v) is 4.08. The number of hydrogen-bond acceptors (Lipinski definition) is 6. The number of phenolic OH excluding ortho intramolecular Hbond substituents is 1. The number of ketones is 1. The van der Waals surface area contributed by atoms with Crippen molar-refractivity contribution < 1.29 is 28.6 Å². The van der Waals surface area contributed by atoms with E-state index in [0.29, 0.717) is 31.4 Å². The van der Waals surface area contributed by atoms with E-state index in [1.54, 1.807) is 49.6 Å². The molecule has 0 atom stereocenters. The fourth-order valence-electron chi connectivity index (χ4n) is 3.14. The van der Waals surface area contributed by atoms with Crippen LogP contribution in [0.25, 0.3) is 11.6 Å². The first-order chi connectivity index (χ1) is 14.9. The number of halogens is 2. The number of allylic oxidation sites excluding steroid dienone is 1. The number of aromatic hydroxyl groups is 1. The van der Waals surface area contributed by atoms with Crippen LogP contribution in [0, 0.1) is 0 Å². The lowest BCUT2D eigenvalue weighted by Crippen LogP contribution is -2.10. The standard InChI is InChI=1S/C23H14Br2O6/c1-29-17-7-5-13(11-15(17)25)20-19(10-12-4-6-16(26)14(24)9-12)31-23(28)21(20)22(27)18-3-2-8-30-18/h2-11,26H,1H3/b19-10-. The van der Waals surface area contributed by atoms with Gasteiger partial charge in [0.25, 0.3) is 0 Å². The minimum absolute atomic E-state index is 0.0330. The molecule has 8 heteroatoms. The lowest BCUT2D eigenvalue weighted by atomic mass is 9.95. The Labute approximate surface area is 194 Å². The highest BCUT2D eigenvalue weighted by Crippen LogP contribution is 2.40. The molecule has 1 aromatic heterocycles. The molecular weight excluding hydrogens is 532 g/mol. The predicted molar refractivity (Wildman–Crippen MR) is 121 cm³/mol. The second kappa shape index (κ2) is 8.56. The SMILES string of the molecule is COc1ccc(C2=C(C(=O)c3ccco3)C(=O)O/C2=C\c2ccc(O)c(Br)c2)cc1Br. The van der Waals surface area contributed by atoms with E-state index in [0.717, 1.165) is 0 Å². The zero-order chi connectivity index (χ0) is 22.1. The van der Waals surface area contributed by atoms with Crippen LogP contribution in [0.2, 0.25) is 0 Å². The predicted octanol–water partition coefficient (Wildman–Crippen LogP) is 5.75. The van der Waals surface area contributed by atoms with Crippen molar-refractivity contribution in [2.24, 2.45) is 0 Å². The van der Waals surface area contributed by atoms with Crippen molar-refractivity contribution >= 4 is 55.3 Å². The highest BCUT2D eigenvalue weighted by atomic mass is 79.9. The average molecular weight is 546 g/mol. The number of Topliss-reactive ketones (excluding diaryl/α,β-unsaturated/α-hetero) is 1. The number of cyclic esters (lactones) is 1. The fraction of sp³-hybridized carbons (Fsp3) is 0.0435. The third kappa shape index (κ3) is 4.08. The molecule has 0 bridgehead atoms. The number of hydrogen-bond donors (Lipinski definition) is 1. The van der Waals surface area contributed by atoms with Gasteiger partial charge in [0.05, 0.1) is 22.3 Å². The van der Waals surface area contributed by atoms with Crippen LogP contribution in [0.1, 0.15) is 21.7 Å². The van der Waals surface area contributed by atoms with Gasteiger partial charge in [0, 0.05) is 5.57 Å². The highest BCUT2D eigenvalue weighted by molar-refractivity contribution is 9.10. The summed E-state index contributed by atoms with van der Waals surface area (Å²) in [5.74, 6) is -0.435. The number of furan rings is 1. The van der Waals surface area contributed by atoms with Gasteiger partial charge in [0.15, 0.2) is 5.76 Å². The Morgan fingerprint density at radius 1 is 1.10 bits per heavy atom. The summed E-state index contributed by atoms with van der Waals surface area (Å²) in [5.41, 5.74) is 1.44. The number of rotatable bonds is 5. The van der Waals surface area contributed by atoms with E-state index in [1.807, 2.05) is 0 Å². The van der Waals surface area contributed by atoms with Crippen LogP contribution >= 0.6 is 31.9 Å². The molecule has 0 amide bonds. The normalized spacial score (nSPS) is 14.8. The van der Waals surface area contributed by atoms with Crippen LogP contribution in [-0.2, 0) is 9.53 Å². The number of phenols is 1. The number of benzene rings is 2. The van der Waals surface area contributed by atoms with Gasteiger partial charge in [0.1, 0.15) is 22.8 Å². The molecule has 1 N–H and O–H groups in total.